The Balaban J connectivity index is 1.94. The van der Waals surface area contributed by atoms with Gasteiger partial charge in [-0.1, -0.05) is 72.1 Å². The predicted octanol–water partition coefficient (Wildman–Crippen LogP) is 5.15. The Morgan fingerprint density at radius 2 is 1.37 bits per heavy atom. The van der Waals surface area contributed by atoms with Crippen LogP contribution in [-0.2, 0) is 0 Å². The van der Waals surface area contributed by atoms with E-state index in [0.717, 1.165) is 24.4 Å². The first-order valence-electron chi connectivity index (χ1n) is 8.91. The first-order valence-corrected chi connectivity index (χ1v) is 8.91. The molecule has 1 heteroatoms. The van der Waals surface area contributed by atoms with E-state index in [2.05, 4.69) is 26.1 Å². The van der Waals surface area contributed by atoms with E-state index in [0.29, 0.717) is 5.41 Å². The second-order valence-corrected chi connectivity index (χ2v) is 7.53. The lowest BCUT2D eigenvalue weighted by molar-refractivity contribution is -0.0728. The van der Waals surface area contributed by atoms with E-state index in [4.69, 9.17) is 0 Å². The molecule has 2 saturated carbocycles. The highest BCUT2D eigenvalue weighted by Crippen LogP contribution is 2.55. The van der Waals surface area contributed by atoms with Crippen LogP contribution >= 0.6 is 0 Å². The van der Waals surface area contributed by atoms with E-state index in [1.165, 1.54) is 64.2 Å². The third-order valence-electron chi connectivity index (χ3n) is 5.93. The Morgan fingerprint density at radius 3 is 1.95 bits per heavy atom. The fourth-order valence-corrected chi connectivity index (χ4v) is 4.84. The molecule has 0 aromatic rings. The minimum atomic E-state index is 0.533. The fourth-order valence-electron chi connectivity index (χ4n) is 4.84. The van der Waals surface area contributed by atoms with Crippen molar-refractivity contribution in [2.24, 2.45) is 17.3 Å². The second-order valence-electron chi connectivity index (χ2n) is 7.53. The molecule has 1 N–H and O–H groups in total. The van der Waals surface area contributed by atoms with Gasteiger partial charge in [0.1, 0.15) is 0 Å². The lowest BCUT2D eigenvalue weighted by atomic mass is 9.49. The van der Waals surface area contributed by atoms with Crippen molar-refractivity contribution in [1.82, 2.24) is 5.32 Å². The van der Waals surface area contributed by atoms with Crippen LogP contribution < -0.4 is 5.32 Å². The van der Waals surface area contributed by atoms with E-state index in [-0.39, 0.29) is 0 Å². The first-order chi connectivity index (χ1) is 9.18. The minimum absolute atomic E-state index is 0.533. The van der Waals surface area contributed by atoms with Crippen LogP contribution in [0.5, 0.6) is 0 Å². The molecular weight excluding hydrogens is 230 g/mol. The minimum Gasteiger partial charge on any atom is -0.313 e. The molecule has 2 aliphatic rings. The number of hydrogen-bond acceptors (Lipinski definition) is 1. The van der Waals surface area contributed by atoms with Gasteiger partial charge in [0.05, 0.1) is 0 Å². The van der Waals surface area contributed by atoms with E-state index in [9.17, 15) is 0 Å². The van der Waals surface area contributed by atoms with Gasteiger partial charge in [-0.2, -0.15) is 0 Å². The molecule has 0 bridgehead atoms. The highest BCUT2D eigenvalue weighted by Gasteiger charge is 2.54. The summed E-state index contributed by atoms with van der Waals surface area (Å²) in [5, 5.41) is 3.78. The third-order valence-corrected chi connectivity index (χ3v) is 5.93. The lowest BCUT2D eigenvalue weighted by Gasteiger charge is -2.60. The average molecular weight is 265 g/mol. The van der Waals surface area contributed by atoms with E-state index < -0.39 is 0 Å². The maximum Gasteiger partial charge on any atom is 0.0152 e. The van der Waals surface area contributed by atoms with Gasteiger partial charge in [0.15, 0.2) is 0 Å². The number of hydrogen-bond donors (Lipinski definition) is 1. The molecule has 3 unspecified atom stereocenters. The highest BCUT2D eigenvalue weighted by atomic mass is 15.0. The predicted molar refractivity (Wildman–Crippen MR) is 84.4 cm³/mol. The Kier molecular flexibility index (Phi) is 5.74. The van der Waals surface area contributed by atoms with Crippen molar-refractivity contribution in [3.8, 4) is 0 Å². The molecule has 1 nitrogen and oxygen atoms in total. The zero-order chi connectivity index (χ0) is 13.7. The standard InChI is InChI=1S/C18H35N/c1-4-19-17-15-13-11-9-7-5-6-8-10-12-14-16(15)18(17,2)3/h15-17,19H,4-14H2,1-3H3. The quantitative estimate of drug-likeness (QED) is 0.728. The van der Waals surface area contributed by atoms with Gasteiger partial charge in [0.25, 0.3) is 0 Å². The van der Waals surface area contributed by atoms with Crippen LogP contribution in [0, 0.1) is 17.3 Å². The molecule has 2 rings (SSSR count). The molecule has 2 fully saturated rings. The molecule has 0 aliphatic heterocycles. The molecule has 2 aliphatic carbocycles. The van der Waals surface area contributed by atoms with Crippen LogP contribution in [0.3, 0.4) is 0 Å². The van der Waals surface area contributed by atoms with Crippen molar-refractivity contribution in [3.63, 3.8) is 0 Å². The van der Waals surface area contributed by atoms with Crippen molar-refractivity contribution in [2.45, 2.75) is 91.0 Å². The largest absolute Gasteiger partial charge is 0.313 e. The smallest absolute Gasteiger partial charge is 0.0152 e. The van der Waals surface area contributed by atoms with Gasteiger partial charge >= 0.3 is 0 Å². The number of fused-ring (bicyclic) bond motifs is 1. The summed E-state index contributed by atoms with van der Waals surface area (Å²) in [6.45, 7) is 8.41. The maximum atomic E-state index is 3.78. The lowest BCUT2D eigenvalue weighted by Crippen LogP contribution is -2.64. The van der Waals surface area contributed by atoms with E-state index in [1.54, 1.807) is 0 Å². The van der Waals surface area contributed by atoms with Gasteiger partial charge in [-0.05, 0) is 36.6 Å². The normalized spacial score (nSPS) is 36.5. The van der Waals surface area contributed by atoms with Crippen LogP contribution in [-0.4, -0.2) is 12.6 Å². The summed E-state index contributed by atoms with van der Waals surface area (Å²) >= 11 is 0. The van der Waals surface area contributed by atoms with Crippen LogP contribution in [0.4, 0.5) is 0 Å². The van der Waals surface area contributed by atoms with Crippen molar-refractivity contribution in [1.29, 1.82) is 0 Å². The molecule has 19 heavy (non-hydrogen) atoms. The molecular formula is C18H35N. The zero-order valence-electron chi connectivity index (χ0n) is 13.5. The van der Waals surface area contributed by atoms with Gasteiger partial charge in [0.2, 0.25) is 0 Å². The summed E-state index contributed by atoms with van der Waals surface area (Å²) in [7, 11) is 0. The van der Waals surface area contributed by atoms with Gasteiger partial charge in [-0.25, -0.2) is 0 Å². The van der Waals surface area contributed by atoms with Crippen LogP contribution in [0.15, 0.2) is 0 Å². The Morgan fingerprint density at radius 1 is 0.842 bits per heavy atom. The van der Waals surface area contributed by atoms with Crippen molar-refractivity contribution in [3.05, 3.63) is 0 Å². The van der Waals surface area contributed by atoms with Crippen LogP contribution in [0.25, 0.3) is 0 Å². The maximum absolute atomic E-state index is 3.78. The van der Waals surface area contributed by atoms with E-state index in [1.807, 2.05) is 0 Å². The highest BCUT2D eigenvalue weighted by molar-refractivity contribution is 5.07. The molecule has 0 saturated heterocycles. The SMILES string of the molecule is CCNC1C2CCCCCCCCCCC2C1(C)C. The van der Waals surface area contributed by atoms with Crippen molar-refractivity contribution < 1.29 is 0 Å². The average Bonchev–Trinajstić information content (AvgIpc) is 2.37. The monoisotopic (exact) mass is 265 g/mol. The first kappa shape index (κ1) is 15.4. The zero-order valence-corrected chi connectivity index (χ0v) is 13.5. The van der Waals surface area contributed by atoms with Crippen LogP contribution in [0.2, 0.25) is 0 Å². The number of nitrogens with one attached hydrogen (secondary N) is 1. The number of rotatable bonds is 2. The Labute approximate surface area is 120 Å². The van der Waals surface area contributed by atoms with Gasteiger partial charge < -0.3 is 5.32 Å². The molecule has 0 aromatic heterocycles. The molecule has 0 heterocycles. The van der Waals surface area contributed by atoms with Gasteiger partial charge in [-0.3, -0.25) is 0 Å². The Bertz CT molecular complexity index is 258. The summed E-state index contributed by atoms with van der Waals surface area (Å²) < 4.78 is 0. The Hall–Kier alpha value is -0.0400. The summed E-state index contributed by atoms with van der Waals surface area (Å²) in [4.78, 5) is 0. The molecule has 3 atom stereocenters. The van der Waals surface area contributed by atoms with Gasteiger partial charge in [-0.15, -0.1) is 0 Å². The van der Waals surface area contributed by atoms with Crippen molar-refractivity contribution >= 4 is 0 Å². The van der Waals surface area contributed by atoms with E-state index >= 15 is 0 Å². The molecule has 0 amide bonds. The second kappa shape index (κ2) is 7.11. The topological polar surface area (TPSA) is 12.0 Å². The summed E-state index contributed by atoms with van der Waals surface area (Å²) in [5.74, 6) is 1.95. The molecule has 112 valence electrons. The third kappa shape index (κ3) is 3.54. The van der Waals surface area contributed by atoms with Crippen LogP contribution in [0.1, 0.15) is 85.0 Å². The fraction of sp³-hybridized carbons (Fsp3) is 1.00. The summed E-state index contributed by atoms with van der Waals surface area (Å²) in [5.41, 5.74) is 0.533. The molecule has 0 spiro atoms. The summed E-state index contributed by atoms with van der Waals surface area (Å²) in [6.07, 6.45) is 14.8. The summed E-state index contributed by atoms with van der Waals surface area (Å²) in [6, 6.07) is 0.783. The van der Waals surface area contributed by atoms with Gasteiger partial charge in [0, 0.05) is 6.04 Å². The molecule has 0 radical (unpaired) electrons. The van der Waals surface area contributed by atoms with Crippen molar-refractivity contribution in [2.75, 3.05) is 6.54 Å². The molecule has 0 aromatic carbocycles.